The maximum absolute atomic E-state index is 12.6. The van der Waals surface area contributed by atoms with Crippen LogP contribution in [0.3, 0.4) is 0 Å². The molecule has 0 atom stereocenters. The number of aromatic nitrogens is 3. The zero-order valence-corrected chi connectivity index (χ0v) is 16.4. The van der Waals surface area contributed by atoms with Crippen molar-refractivity contribution in [2.45, 2.75) is 10.1 Å². The quantitative estimate of drug-likeness (QED) is 0.367. The molecule has 3 heterocycles. The summed E-state index contributed by atoms with van der Waals surface area (Å²) in [5.74, 6) is 0.605. The van der Waals surface area contributed by atoms with Crippen molar-refractivity contribution in [3.05, 3.63) is 69.6 Å². The molecule has 5 rings (SSSR count). The van der Waals surface area contributed by atoms with Gasteiger partial charge in [-0.25, -0.2) is 9.97 Å². The number of thioether (sulfide) groups is 1. The summed E-state index contributed by atoms with van der Waals surface area (Å²) >= 11 is 10.8. The van der Waals surface area contributed by atoms with Crippen LogP contribution in [0.4, 0.5) is 0 Å². The summed E-state index contributed by atoms with van der Waals surface area (Å²) in [4.78, 5) is 22.6. The van der Waals surface area contributed by atoms with Crippen molar-refractivity contribution in [1.29, 1.82) is 0 Å². The molecular weight excluding hydrogens is 406 g/mol. The molecule has 0 fully saturated rings. The molecule has 0 aliphatic rings. The second-order valence-electron chi connectivity index (χ2n) is 5.65. The van der Waals surface area contributed by atoms with Crippen LogP contribution >= 0.6 is 46.0 Å². The SMILES string of the molecule is O=c1cc(CSc2nc3cc(Cl)ccc3s2)nc2sc3ccccc3n12. The van der Waals surface area contributed by atoms with Crippen LogP contribution in [0.1, 0.15) is 5.69 Å². The van der Waals surface area contributed by atoms with Gasteiger partial charge in [-0.3, -0.25) is 9.20 Å². The highest BCUT2D eigenvalue weighted by molar-refractivity contribution is 8.00. The van der Waals surface area contributed by atoms with Crippen molar-refractivity contribution in [2.24, 2.45) is 0 Å². The van der Waals surface area contributed by atoms with Gasteiger partial charge in [0.05, 0.1) is 26.1 Å². The van der Waals surface area contributed by atoms with Gasteiger partial charge in [0.25, 0.3) is 5.56 Å². The highest BCUT2D eigenvalue weighted by Crippen LogP contribution is 2.32. The minimum absolute atomic E-state index is 0.0425. The first kappa shape index (κ1) is 16.3. The van der Waals surface area contributed by atoms with E-state index in [1.807, 2.05) is 42.5 Å². The Morgan fingerprint density at radius 2 is 1.92 bits per heavy atom. The summed E-state index contributed by atoms with van der Waals surface area (Å²) in [6.07, 6.45) is 0. The highest BCUT2D eigenvalue weighted by atomic mass is 35.5. The Kier molecular flexibility index (Phi) is 3.97. The number of para-hydroxylation sites is 1. The lowest BCUT2D eigenvalue weighted by atomic mass is 10.3. The van der Waals surface area contributed by atoms with E-state index in [1.54, 1.807) is 33.6 Å². The second-order valence-corrected chi connectivity index (χ2v) is 9.35. The number of rotatable bonds is 3. The predicted molar refractivity (Wildman–Crippen MR) is 111 cm³/mol. The zero-order chi connectivity index (χ0) is 17.7. The Bertz CT molecular complexity index is 1340. The first-order valence-corrected chi connectivity index (χ1v) is 10.8. The fourth-order valence-corrected chi connectivity index (χ4v) is 5.93. The van der Waals surface area contributed by atoms with E-state index in [0.717, 1.165) is 35.4 Å². The molecule has 0 saturated heterocycles. The van der Waals surface area contributed by atoms with E-state index < -0.39 is 0 Å². The van der Waals surface area contributed by atoms with Gasteiger partial charge in [0, 0.05) is 16.8 Å². The Morgan fingerprint density at radius 3 is 2.85 bits per heavy atom. The summed E-state index contributed by atoms with van der Waals surface area (Å²) in [6.45, 7) is 0. The minimum atomic E-state index is -0.0425. The van der Waals surface area contributed by atoms with E-state index >= 15 is 0 Å². The van der Waals surface area contributed by atoms with Crippen molar-refractivity contribution in [2.75, 3.05) is 0 Å². The average molecular weight is 416 g/mol. The van der Waals surface area contributed by atoms with Crippen molar-refractivity contribution >= 4 is 71.4 Å². The average Bonchev–Trinajstić information content (AvgIpc) is 3.20. The first-order chi connectivity index (χ1) is 12.7. The van der Waals surface area contributed by atoms with Crippen LogP contribution < -0.4 is 5.56 Å². The van der Waals surface area contributed by atoms with E-state index in [9.17, 15) is 4.79 Å². The molecule has 0 aliphatic heterocycles. The fraction of sp³-hybridized carbons (Fsp3) is 0.0556. The van der Waals surface area contributed by atoms with Crippen molar-refractivity contribution in [1.82, 2.24) is 14.4 Å². The maximum Gasteiger partial charge on any atom is 0.259 e. The van der Waals surface area contributed by atoms with Crippen molar-refractivity contribution in [3.8, 4) is 0 Å². The van der Waals surface area contributed by atoms with Gasteiger partial charge in [-0.15, -0.1) is 11.3 Å². The number of benzene rings is 2. The van der Waals surface area contributed by atoms with Crippen LogP contribution in [0.25, 0.3) is 25.4 Å². The third kappa shape index (κ3) is 2.81. The van der Waals surface area contributed by atoms with Gasteiger partial charge in [-0.2, -0.15) is 0 Å². The summed E-state index contributed by atoms with van der Waals surface area (Å²) < 4.78 is 4.78. The molecule has 4 nitrogen and oxygen atoms in total. The Balaban J connectivity index is 1.48. The molecule has 0 amide bonds. The Hall–Kier alpha value is -1.93. The largest absolute Gasteiger partial charge is 0.269 e. The summed E-state index contributed by atoms with van der Waals surface area (Å²) in [6, 6.07) is 15.2. The number of thiazole rings is 2. The number of hydrogen-bond donors (Lipinski definition) is 0. The fourth-order valence-electron chi connectivity index (χ4n) is 2.77. The normalized spacial score (nSPS) is 11.7. The molecule has 128 valence electrons. The smallest absolute Gasteiger partial charge is 0.259 e. The molecule has 0 bridgehead atoms. The van der Waals surface area contributed by atoms with E-state index in [4.69, 9.17) is 11.6 Å². The molecule has 2 aromatic carbocycles. The topological polar surface area (TPSA) is 47.3 Å². The predicted octanol–water partition coefficient (Wildman–Crippen LogP) is 5.46. The molecule has 0 aliphatic carbocycles. The standard InChI is InChI=1S/C18H10ClN3OS3/c19-10-5-6-14-12(7-10)21-18(26-14)24-9-11-8-16(23)22-13-3-1-2-4-15(13)25-17(22)20-11/h1-8H,9H2. The van der Waals surface area contributed by atoms with E-state index in [2.05, 4.69) is 9.97 Å². The second kappa shape index (κ2) is 6.35. The van der Waals surface area contributed by atoms with Crippen LogP contribution in [-0.2, 0) is 5.75 Å². The molecule has 0 N–H and O–H groups in total. The lowest BCUT2D eigenvalue weighted by Gasteiger charge is -1.99. The van der Waals surface area contributed by atoms with E-state index in [1.165, 1.54) is 11.3 Å². The lowest BCUT2D eigenvalue weighted by Crippen LogP contribution is -2.13. The maximum atomic E-state index is 12.6. The molecule has 26 heavy (non-hydrogen) atoms. The summed E-state index contributed by atoms with van der Waals surface area (Å²) in [5, 5.41) is 0.684. The van der Waals surface area contributed by atoms with Gasteiger partial charge in [0.1, 0.15) is 0 Å². The molecular formula is C18H10ClN3OS3. The van der Waals surface area contributed by atoms with Gasteiger partial charge in [-0.05, 0) is 30.3 Å². The monoisotopic (exact) mass is 415 g/mol. The molecule has 8 heteroatoms. The molecule has 0 radical (unpaired) electrons. The lowest BCUT2D eigenvalue weighted by molar-refractivity contribution is 1.07. The molecule has 0 unspecified atom stereocenters. The van der Waals surface area contributed by atoms with Crippen LogP contribution in [0, 0.1) is 0 Å². The summed E-state index contributed by atoms with van der Waals surface area (Å²) in [5.41, 5.74) is 2.54. The number of nitrogens with zero attached hydrogens (tertiary/aromatic N) is 3. The molecule has 5 aromatic rings. The van der Waals surface area contributed by atoms with Gasteiger partial charge in [-0.1, -0.05) is 46.8 Å². The first-order valence-electron chi connectivity index (χ1n) is 7.76. The van der Waals surface area contributed by atoms with Gasteiger partial charge in [0.2, 0.25) is 0 Å². The van der Waals surface area contributed by atoms with Crippen LogP contribution in [-0.4, -0.2) is 14.4 Å². The van der Waals surface area contributed by atoms with Crippen LogP contribution in [0.5, 0.6) is 0 Å². The Morgan fingerprint density at radius 1 is 1.04 bits per heavy atom. The van der Waals surface area contributed by atoms with Crippen LogP contribution in [0.2, 0.25) is 5.02 Å². The van der Waals surface area contributed by atoms with Gasteiger partial charge in [0.15, 0.2) is 9.30 Å². The van der Waals surface area contributed by atoms with E-state index in [0.29, 0.717) is 10.8 Å². The molecule has 3 aromatic heterocycles. The number of hydrogen-bond acceptors (Lipinski definition) is 6. The molecule has 0 spiro atoms. The van der Waals surface area contributed by atoms with Crippen LogP contribution in [0.15, 0.2) is 57.7 Å². The third-order valence-electron chi connectivity index (χ3n) is 3.92. The van der Waals surface area contributed by atoms with E-state index in [-0.39, 0.29) is 5.56 Å². The van der Waals surface area contributed by atoms with Crippen molar-refractivity contribution < 1.29 is 0 Å². The Labute approximate surface area is 165 Å². The van der Waals surface area contributed by atoms with Gasteiger partial charge >= 0.3 is 0 Å². The van der Waals surface area contributed by atoms with Gasteiger partial charge < -0.3 is 0 Å². The number of halogens is 1. The highest BCUT2D eigenvalue weighted by Gasteiger charge is 2.11. The third-order valence-corrected chi connectivity index (χ3v) is 7.39. The van der Waals surface area contributed by atoms with Crippen molar-refractivity contribution in [3.63, 3.8) is 0 Å². The number of fused-ring (bicyclic) bond motifs is 4. The zero-order valence-electron chi connectivity index (χ0n) is 13.2. The molecule has 0 saturated carbocycles. The summed E-state index contributed by atoms with van der Waals surface area (Å²) in [7, 11) is 0. The minimum Gasteiger partial charge on any atom is -0.269 e.